The van der Waals surface area contributed by atoms with Gasteiger partial charge in [-0.25, -0.2) is 17.7 Å². The lowest BCUT2D eigenvalue weighted by Gasteiger charge is -2.39. The van der Waals surface area contributed by atoms with E-state index in [0.717, 1.165) is 30.8 Å². The number of sulfonamides is 1. The summed E-state index contributed by atoms with van der Waals surface area (Å²) in [5.41, 5.74) is 1.10. The SMILES string of the molecule is CN(C)c1cc([C@H]2CCCN2C(=O)C2CN(S(C)(=O)=O)C2)ccn1. The van der Waals surface area contributed by atoms with Gasteiger partial charge in [0.25, 0.3) is 0 Å². The number of rotatable bonds is 4. The average molecular weight is 352 g/mol. The summed E-state index contributed by atoms with van der Waals surface area (Å²) in [7, 11) is 0.696. The summed E-state index contributed by atoms with van der Waals surface area (Å²) in [6.07, 6.45) is 4.87. The van der Waals surface area contributed by atoms with Crippen LogP contribution < -0.4 is 4.90 Å². The molecule has 0 aliphatic carbocycles. The maximum atomic E-state index is 12.8. The number of carbonyl (C=O) groups is 1. The van der Waals surface area contributed by atoms with E-state index in [0.29, 0.717) is 13.1 Å². The number of hydrogen-bond donors (Lipinski definition) is 0. The standard InChI is InChI=1S/C16H24N4O3S/c1-18(2)15-9-12(6-7-17-15)14-5-4-8-20(14)16(21)13-10-19(11-13)24(3,22)23/h6-7,9,13-14H,4-5,8,10-11H2,1-3H3/t14-/m1/s1. The van der Waals surface area contributed by atoms with Gasteiger partial charge in [0.2, 0.25) is 15.9 Å². The summed E-state index contributed by atoms with van der Waals surface area (Å²) in [5, 5.41) is 0. The maximum Gasteiger partial charge on any atom is 0.228 e. The van der Waals surface area contributed by atoms with Crippen molar-refractivity contribution in [2.75, 3.05) is 44.9 Å². The van der Waals surface area contributed by atoms with E-state index in [1.807, 2.05) is 36.0 Å². The second-order valence-corrected chi connectivity index (χ2v) is 8.79. The van der Waals surface area contributed by atoms with E-state index in [1.165, 1.54) is 10.6 Å². The Hall–Kier alpha value is -1.67. The van der Waals surface area contributed by atoms with Crippen LogP contribution >= 0.6 is 0 Å². The van der Waals surface area contributed by atoms with Crippen LogP contribution in [0.3, 0.4) is 0 Å². The molecule has 0 radical (unpaired) electrons. The zero-order valence-corrected chi connectivity index (χ0v) is 15.2. The lowest BCUT2D eigenvalue weighted by atomic mass is 9.99. The van der Waals surface area contributed by atoms with Crippen molar-refractivity contribution in [2.45, 2.75) is 18.9 Å². The minimum Gasteiger partial charge on any atom is -0.363 e. The third-order valence-corrected chi connectivity index (χ3v) is 6.05. The van der Waals surface area contributed by atoms with Crippen LogP contribution in [0.25, 0.3) is 0 Å². The van der Waals surface area contributed by atoms with Crippen molar-refractivity contribution < 1.29 is 13.2 Å². The first-order valence-electron chi connectivity index (χ1n) is 8.16. The lowest BCUT2D eigenvalue weighted by molar-refractivity contribution is -0.140. The summed E-state index contributed by atoms with van der Waals surface area (Å²) >= 11 is 0. The minimum atomic E-state index is -3.19. The molecule has 24 heavy (non-hydrogen) atoms. The number of pyridine rings is 1. The van der Waals surface area contributed by atoms with Gasteiger partial charge < -0.3 is 9.80 Å². The number of aromatic nitrogens is 1. The van der Waals surface area contributed by atoms with Crippen molar-refractivity contribution in [1.29, 1.82) is 0 Å². The molecule has 7 nitrogen and oxygen atoms in total. The molecule has 1 atom stereocenters. The summed E-state index contributed by atoms with van der Waals surface area (Å²) in [5.74, 6) is 0.731. The molecule has 2 fully saturated rings. The van der Waals surface area contributed by atoms with Crippen LogP contribution in [0.5, 0.6) is 0 Å². The zero-order chi connectivity index (χ0) is 17.5. The number of likely N-dealkylation sites (tertiary alicyclic amines) is 1. The van der Waals surface area contributed by atoms with Crippen molar-refractivity contribution in [2.24, 2.45) is 5.92 Å². The van der Waals surface area contributed by atoms with Crippen LogP contribution in [0.1, 0.15) is 24.4 Å². The number of nitrogens with zero attached hydrogens (tertiary/aromatic N) is 4. The van der Waals surface area contributed by atoms with Crippen LogP contribution in [0.2, 0.25) is 0 Å². The van der Waals surface area contributed by atoms with Crippen molar-refractivity contribution >= 4 is 21.7 Å². The molecule has 2 aliphatic rings. The molecule has 2 saturated heterocycles. The Morgan fingerprint density at radius 1 is 1.33 bits per heavy atom. The molecule has 1 aromatic heterocycles. The molecular formula is C16H24N4O3S. The molecule has 1 amide bonds. The Labute approximate surface area is 143 Å². The maximum absolute atomic E-state index is 12.8. The molecular weight excluding hydrogens is 328 g/mol. The van der Waals surface area contributed by atoms with Gasteiger partial charge in [-0.15, -0.1) is 0 Å². The second kappa shape index (κ2) is 6.33. The normalized spacial score (nSPS) is 22.5. The minimum absolute atomic E-state index is 0.0616. The summed E-state index contributed by atoms with van der Waals surface area (Å²) in [6, 6.07) is 4.05. The Morgan fingerprint density at radius 3 is 2.67 bits per heavy atom. The molecule has 0 N–H and O–H groups in total. The monoisotopic (exact) mass is 352 g/mol. The van der Waals surface area contributed by atoms with Gasteiger partial charge in [-0.05, 0) is 30.5 Å². The predicted octanol–water partition coefficient (Wildman–Crippen LogP) is 0.703. The quantitative estimate of drug-likeness (QED) is 0.798. The van der Waals surface area contributed by atoms with E-state index < -0.39 is 10.0 Å². The number of hydrogen-bond acceptors (Lipinski definition) is 5. The van der Waals surface area contributed by atoms with Gasteiger partial charge in [-0.1, -0.05) is 0 Å². The zero-order valence-electron chi connectivity index (χ0n) is 14.3. The fourth-order valence-corrected chi connectivity index (χ4v) is 4.26. The van der Waals surface area contributed by atoms with E-state index in [1.54, 1.807) is 6.20 Å². The highest BCUT2D eigenvalue weighted by molar-refractivity contribution is 7.88. The van der Waals surface area contributed by atoms with E-state index in [4.69, 9.17) is 0 Å². The Balaban J connectivity index is 1.72. The molecule has 0 bridgehead atoms. The molecule has 3 rings (SSSR count). The molecule has 0 unspecified atom stereocenters. The Morgan fingerprint density at radius 2 is 2.04 bits per heavy atom. The van der Waals surface area contributed by atoms with Gasteiger partial charge in [0, 0.05) is 39.9 Å². The summed E-state index contributed by atoms with van der Waals surface area (Å²) in [6.45, 7) is 1.35. The third-order valence-electron chi connectivity index (χ3n) is 4.81. The van der Waals surface area contributed by atoms with Gasteiger partial charge in [0.1, 0.15) is 5.82 Å². The molecule has 1 aromatic rings. The first kappa shape index (κ1) is 17.2. The highest BCUT2D eigenvalue weighted by atomic mass is 32.2. The first-order chi connectivity index (χ1) is 11.3. The van der Waals surface area contributed by atoms with Gasteiger partial charge in [-0.2, -0.15) is 0 Å². The van der Waals surface area contributed by atoms with Crippen LogP contribution in [0.4, 0.5) is 5.82 Å². The molecule has 0 spiro atoms. The fourth-order valence-electron chi connectivity index (χ4n) is 3.36. The van der Waals surface area contributed by atoms with E-state index in [9.17, 15) is 13.2 Å². The number of anilines is 1. The highest BCUT2D eigenvalue weighted by Gasteiger charge is 2.42. The van der Waals surface area contributed by atoms with Crippen LogP contribution in [-0.4, -0.2) is 68.5 Å². The van der Waals surface area contributed by atoms with Crippen LogP contribution in [-0.2, 0) is 14.8 Å². The van der Waals surface area contributed by atoms with Crippen LogP contribution in [0, 0.1) is 5.92 Å². The first-order valence-corrected chi connectivity index (χ1v) is 10.0. The van der Waals surface area contributed by atoms with Crippen molar-refractivity contribution in [3.8, 4) is 0 Å². The highest BCUT2D eigenvalue weighted by Crippen LogP contribution is 2.35. The molecule has 3 heterocycles. The topological polar surface area (TPSA) is 73.8 Å². The molecule has 132 valence electrons. The van der Waals surface area contributed by atoms with Gasteiger partial charge in [0.15, 0.2) is 0 Å². The lowest BCUT2D eigenvalue weighted by Crippen LogP contribution is -2.55. The Bertz CT molecular complexity index is 729. The largest absolute Gasteiger partial charge is 0.363 e. The van der Waals surface area contributed by atoms with Crippen molar-refractivity contribution in [1.82, 2.24) is 14.2 Å². The van der Waals surface area contributed by atoms with E-state index in [-0.39, 0.29) is 17.9 Å². The molecule has 0 aromatic carbocycles. The summed E-state index contributed by atoms with van der Waals surface area (Å²) in [4.78, 5) is 21.0. The predicted molar refractivity (Wildman–Crippen MR) is 92.2 cm³/mol. The Kier molecular flexibility index (Phi) is 4.52. The summed E-state index contributed by atoms with van der Waals surface area (Å²) < 4.78 is 24.3. The number of carbonyl (C=O) groups excluding carboxylic acids is 1. The van der Waals surface area contributed by atoms with Gasteiger partial charge in [0.05, 0.1) is 18.2 Å². The average Bonchev–Trinajstić information content (AvgIpc) is 2.93. The molecule has 8 heteroatoms. The molecule has 0 saturated carbocycles. The fraction of sp³-hybridized carbons (Fsp3) is 0.625. The van der Waals surface area contributed by atoms with E-state index >= 15 is 0 Å². The number of amides is 1. The van der Waals surface area contributed by atoms with E-state index in [2.05, 4.69) is 4.98 Å². The molecule has 2 aliphatic heterocycles. The third kappa shape index (κ3) is 3.25. The van der Waals surface area contributed by atoms with Crippen LogP contribution in [0.15, 0.2) is 18.3 Å². The van der Waals surface area contributed by atoms with Crippen molar-refractivity contribution in [3.05, 3.63) is 23.9 Å². The van der Waals surface area contributed by atoms with Gasteiger partial charge in [-0.3, -0.25) is 4.79 Å². The second-order valence-electron chi connectivity index (χ2n) is 6.81. The van der Waals surface area contributed by atoms with Crippen molar-refractivity contribution in [3.63, 3.8) is 0 Å². The smallest absolute Gasteiger partial charge is 0.228 e. The van der Waals surface area contributed by atoms with Gasteiger partial charge >= 0.3 is 0 Å².